The molecule has 110 valence electrons. The molecule has 0 aliphatic carbocycles. The topological polar surface area (TPSA) is 88.4 Å². The first-order chi connectivity index (χ1) is 9.99. The van der Waals surface area contributed by atoms with Crippen molar-refractivity contribution < 1.29 is 9.72 Å². The highest BCUT2D eigenvalue weighted by molar-refractivity contribution is 7.09. The minimum absolute atomic E-state index is 0.118. The zero-order valence-corrected chi connectivity index (χ0v) is 12.4. The third-order valence-electron chi connectivity index (χ3n) is 2.78. The van der Waals surface area contributed by atoms with Crippen molar-refractivity contribution in [3.05, 3.63) is 50.5 Å². The number of benzene rings is 1. The van der Waals surface area contributed by atoms with Crippen molar-refractivity contribution >= 4 is 28.6 Å². The number of amides is 1. The lowest BCUT2D eigenvalue weighted by Crippen LogP contribution is -2.21. The predicted molar refractivity (Wildman–Crippen MR) is 80.6 cm³/mol. The van der Waals surface area contributed by atoms with Crippen LogP contribution in [0.1, 0.15) is 15.2 Å². The monoisotopic (exact) mass is 306 g/mol. The van der Waals surface area contributed by atoms with Gasteiger partial charge in [-0.15, -0.1) is 11.3 Å². The van der Waals surface area contributed by atoms with E-state index in [1.165, 1.54) is 22.3 Å². The van der Waals surface area contributed by atoms with E-state index in [-0.39, 0.29) is 17.2 Å². The summed E-state index contributed by atoms with van der Waals surface area (Å²) in [7, 11) is 3.20. The van der Waals surface area contributed by atoms with Crippen LogP contribution >= 0.6 is 11.3 Å². The second-order valence-corrected chi connectivity index (χ2v) is 5.48. The predicted octanol–water partition coefficient (Wildman–Crippen LogP) is 2.37. The van der Waals surface area contributed by atoms with Crippen LogP contribution in [0.15, 0.2) is 29.9 Å². The molecule has 7 nitrogen and oxygen atoms in total. The van der Waals surface area contributed by atoms with Crippen LogP contribution in [0.5, 0.6) is 0 Å². The molecule has 1 aromatic carbocycles. The number of nitro groups is 1. The Labute approximate surface area is 125 Å². The largest absolute Gasteiger partial charge is 0.375 e. The maximum Gasteiger partial charge on any atom is 0.293 e. The summed E-state index contributed by atoms with van der Waals surface area (Å²) < 4.78 is 0. The van der Waals surface area contributed by atoms with E-state index in [9.17, 15) is 14.9 Å². The number of nitrogens with one attached hydrogen (secondary N) is 1. The number of hydrogen-bond donors (Lipinski definition) is 1. The van der Waals surface area contributed by atoms with E-state index in [4.69, 9.17) is 0 Å². The summed E-state index contributed by atoms with van der Waals surface area (Å²) in [5.41, 5.74) is 2.25. The Hall–Kier alpha value is -2.48. The molecule has 0 saturated carbocycles. The first-order valence-electron chi connectivity index (χ1n) is 6.10. The molecule has 8 heteroatoms. The fourth-order valence-electron chi connectivity index (χ4n) is 1.74. The number of hydrogen-bond acceptors (Lipinski definition) is 6. The Morgan fingerprint density at radius 1 is 1.48 bits per heavy atom. The highest BCUT2D eigenvalue weighted by atomic mass is 32.1. The summed E-state index contributed by atoms with van der Waals surface area (Å²) in [5, 5.41) is 14.2. The van der Waals surface area contributed by atoms with E-state index in [0.717, 1.165) is 4.88 Å². The summed E-state index contributed by atoms with van der Waals surface area (Å²) >= 11 is 1.46. The van der Waals surface area contributed by atoms with Crippen LogP contribution in [0.3, 0.4) is 0 Å². The smallest absolute Gasteiger partial charge is 0.293 e. The highest BCUT2D eigenvalue weighted by Crippen LogP contribution is 2.26. The molecular weight excluding hydrogens is 292 g/mol. The number of carbonyl (C=O) groups is 1. The third kappa shape index (κ3) is 3.54. The van der Waals surface area contributed by atoms with Gasteiger partial charge in [-0.05, 0) is 12.1 Å². The van der Waals surface area contributed by atoms with Gasteiger partial charge in [0.1, 0.15) is 5.69 Å². The molecule has 0 aliphatic heterocycles. The first-order valence-corrected chi connectivity index (χ1v) is 6.98. The molecular formula is C13H14N4O3S. The van der Waals surface area contributed by atoms with Gasteiger partial charge >= 0.3 is 0 Å². The van der Waals surface area contributed by atoms with Gasteiger partial charge in [0.15, 0.2) is 0 Å². The van der Waals surface area contributed by atoms with Crippen LogP contribution in [-0.4, -0.2) is 34.8 Å². The molecule has 1 amide bonds. The zero-order chi connectivity index (χ0) is 15.4. The molecule has 2 aromatic rings. The fourth-order valence-corrected chi connectivity index (χ4v) is 2.27. The SMILES string of the molecule is CN(C)C(=O)c1ccc(NCc2cncs2)c([N+](=O)[O-])c1. The van der Waals surface area contributed by atoms with Crippen LogP contribution < -0.4 is 5.32 Å². The van der Waals surface area contributed by atoms with Gasteiger partial charge in [0.2, 0.25) is 0 Å². The lowest BCUT2D eigenvalue weighted by molar-refractivity contribution is -0.384. The Balaban J connectivity index is 2.25. The second kappa shape index (κ2) is 6.31. The quantitative estimate of drug-likeness (QED) is 0.676. The maximum atomic E-state index is 11.9. The van der Waals surface area contributed by atoms with Crippen LogP contribution in [0.2, 0.25) is 0 Å². The van der Waals surface area contributed by atoms with E-state index >= 15 is 0 Å². The number of rotatable bonds is 5. The molecule has 0 bridgehead atoms. The average molecular weight is 306 g/mol. The zero-order valence-electron chi connectivity index (χ0n) is 11.6. The molecule has 0 saturated heterocycles. The van der Waals surface area contributed by atoms with E-state index in [1.807, 2.05) is 0 Å². The van der Waals surface area contributed by atoms with Crippen molar-refractivity contribution in [1.82, 2.24) is 9.88 Å². The number of nitro benzene ring substituents is 1. The van der Waals surface area contributed by atoms with E-state index in [1.54, 1.807) is 37.9 Å². The Bertz CT molecular complexity index is 655. The molecule has 1 aromatic heterocycles. The maximum absolute atomic E-state index is 11.9. The molecule has 0 radical (unpaired) electrons. The average Bonchev–Trinajstić information content (AvgIpc) is 2.97. The fraction of sp³-hybridized carbons (Fsp3) is 0.231. The van der Waals surface area contributed by atoms with Gasteiger partial charge in [0, 0.05) is 36.8 Å². The minimum atomic E-state index is -0.499. The summed E-state index contributed by atoms with van der Waals surface area (Å²) in [4.78, 5) is 28.8. The highest BCUT2D eigenvalue weighted by Gasteiger charge is 2.18. The molecule has 21 heavy (non-hydrogen) atoms. The van der Waals surface area contributed by atoms with Crippen molar-refractivity contribution in [3.8, 4) is 0 Å². The number of nitrogens with zero attached hydrogens (tertiary/aromatic N) is 3. The minimum Gasteiger partial charge on any atom is -0.375 e. The molecule has 0 spiro atoms. The molecule has 2 rings (SSSR count). The standard InChI is InChI=1S/C13H14N4O3S/c1-16(2)13(18)9-3-4-11(12(5-9)17(19)20)15-7-10-6-14-8-21-10/h3-6,8,15H,7H2,1-2H3. The normalized spacial score (nSPS) is 10.2. The van der Waals surface area contributed by atoms with Crippen LogP contribution in [-0.2, 0) is 6.54 Å². The molecule has 0 fully saturated rings. The Kier molecular flexibility index (Phi) is 4.49. The van der Waals surface area contributed by atoms with Gasteiger partial charge in [-0.25, -0.2) is 0 Å². The first kappa shape index (κ1) is 14.9. The summed E-state index contributed by atoms with van der Waals surface area (Å²) in [6.07, 6.45) is 1.70. The second-order valence-electron chi connectivity index (χ2n) is 4.51. The van der Waals surface area contributed by atoms with E-state index < -0.39 is 4.92 Å². The van der Waals surface area contributed by atoms with Crippen molar-refractivity contribution in [3.63, 3.8) is 0 Å². The number of anilines is 1. The van der Waals surface area contributed by atoms with Gasteiger partial charge in [-0.1, -0.05) is 0 Å². The van der Waals surface area contributed by atoms with Crippen molar-refractivity contribution in [2.24, 2.45) is 0 Å². The van der Waals surface area contributed by atoms with Crippen molar-refractivity contribution in [1.29, 1.82) is 0 Å². The third-order valence-corrected chi connectivity index (χ3v) is 3.56. The van der Waals surface area contributed by atoms with E-state index in [0.29, 0.717) is 12.2 Å². The number of carbonyl (C=O) groups excluding carboxylic acids is 1. The van der Waals surface area contributed by atoms with Crippen LogP contribution in [0, 0.1) is 10.1 Å². The van der Waals surface area contributed by atoms with E-state index in [2.05, 4.69) is 10.3 Å². The van der Waals surface area contributed by atoms with Gasteiger partial charge in [0.25, 0.3) is 11.6 Å². The van der Waals surface area contributed by atoms with Gasteiger partial charge in [-0.2, -0.15) is 0 Å². The number of thiazole rings is 1. The Morgan fingerprint density at radius 3 is 2.81 bits per heavy atom. The van der Waals surface area contributed by atoms with Crippen molar-refractivity contribution in [2.45, 2.75) is 6.54 Å². The molecule has 1 N–H and O–H groups in total. The molecule has 1 heterocycles. The van der Waals surface area contributed by atoms with Crippen molar-refractivity contribution in [2.75, 3.05) is 19.4 Å². The van der Waals surface area contributed by atoms with Gasteiger partial charge < -0.3 is 10.2 Å². The number of aromatic nitrogens is 1. The molecule has 0 aliphatic rings. The van der Waals surface area contributed by atoms with Crippen LogP contribution in [0.25, 0.3) is 0 Å². The van der Waals surface area contributed by atoms with Gasteiger partial charge in [-0.3, -0.25) is 19.9 Å². The summed E-state index contributed by atoms with van der Waals surface area (Å²) in [6.45, 7) is 0.451. The van der Waals surface area contributed by atoms with Crippen LogP contribution in [0.4, 0.5) is 11.4 Å². The Morgan fingerprint density at radius 2 is 2.24 bits per heavy atom. The summed E-state index contributed by atoms with van der Waals surface area (Å²) in [6, 6.07) is 4.41. The molecule has 0 unspecified atom stereocenters. The lowest BCUT2D eigenvalue weighted by Gasteiger charge is -2.11. The molecule has 0 atom stereocenters. The lowest BCUT2D eigenvalue weighted by atomic mass is 10.1. The van der Waals surface area contributed by atoms with Gasteiger partial charge in [0.05, 0.1) is 17.0 Å². The summed E-state index contributed by atoms with van der Waals surface area (Å²) in [5.74, 6) is -0.271.